The normalized spacial score (nSPS) is 12.7. The van der Waals surface area contributed by atoms with E-state index in [9.17, 15) is 9.59 Å². The van der Waals surface area contributed by atoms with Crippen LogP contribution in [0.4, 0.5) is 0 Å². The lowest BCUT2D eigenvalue weighted by atomic mass is 10.3. The van der Waals surface area contributed by atoms with Crippen LogP contribution in [-0.4, -0.2) is 26.4 Å². The highest BCUT2D eigenvalue weighted by molar-refractivity contribution is 7.99. The van der Waals surface area contributed by atoms with Gasteiger partial charge in [0.2, 0.25) is 0 Å². The maximum absolute atomic E-state index is 11.0. The maximum Gasteiger partial charge on any atom is 0.339 e. The number of hydrogen-bond donors (Lipinski definition) is 1. The molecule has 0 aliphatic carbocycles. The topological polar surface area (TPSA) is 67.8 Å². The maximum atomic E-state index is 11.0. The molecule has 1 N–H and O–H groups in total. The zero-order valence-electron chi connectivity index (χ0n) is 8.49. The van der Waals surface area contributed by atoms with E-state index >= 15 is 0 Å². The molecule has 7 heteroatoms. The molecule has 84 valence electrons. The number of hydrogen-bond acceptors (Lipinski definition) is 4. The number of thioether (sulfide) groups is 1. The Morgan fingerprint density at radius 3 is 2.87 bits per heavy atom. The lowest BCUT2D eigenvalue weighted by Crippen LogP contribution is -2.33. The van der Waals surface area contributed by atoms with E-state index < -0.39 is 11.1 Å². The van der Waals surface area contributed by atoms with Crippen LogP contribution >= 0.6 is 23.4 Å². The molecule has 1 rings (SSSR count). The average Bonchev–Trinajstić information content (AvgIpc) is 2.21. The molecule has 0 fully saturated rings. The van der Waals surface area contributed by atoms with Gasteiger partial charge in [-0.2, -0.15) is 4.98 Å². The minimum absolute atomic E-state index is 0.334. The molecule has 0 aromatic carbocycles. The monoisotopic (exact) mass is 249 g/mol. The zero-order valence-corrected chi connectivity index (χ0v) is 10.1. The van der Waals surface area contributed by atoms with E-state index in [0.29, 0.717) is 17.0 Å². The number of aromatic amines is 1. The molecule has 0 saturated heterocycles. The van der Waals surface area contributed by atoms with Crippen LogP contribution in [0, 0.1) is 5.92 Å². The lowest BCUT2D eigenvalue weighted by molar-refractivity contribution is 0.595. The number of halogens is 1. The van der Waals surface area contributed by atoms with E-state index in [4.69, 9.17) is 11.6 Å². The van der Waals surface area contributed by atoms with Gasteiger partial charge in [0.15, 0.2) is 5.16 Å². The fourth-order valence-electron chi connectivity index (χ4n) is 0.851. The fourth-order valence-corrected chi connectivity index (χ4v) is 2.03. The van der Waals surface area contributed by atoms with Gasteiger partial charge in [0.05, 0.1) is 0 Å². The summed E-state index contributed by atoms with van der Waals surface area (Å²) in [4.78, 5) is 25.6. The molecule has 0 spiro atoms. The summed E-state index contributed by atoms with van der Waals surface area (Å²) in [6, 6.07) is 0. The Morgan fingerprint density at radius 2 is 2.27 bits per heavy atom. The summed E-state index contributed by atoms with van der Waals surface area (Å²) >= 11 is 7.05. The van der Waals surface area contributed by atoms with Crippen LogP contribution in [-0.2, 0) is 7.05 Å². The number of alkyl halides is 1. The van der Waals surface area contributed by atoms with Crippen LogP contribution in [0.1, 0.15) is 6.92 Å². The Hall–Kier alpha value is -0.750. The van der Waals surface area contributed by atoms with Crippen molar-refractivity contribution in [3.63, 3.8) is 0 Å². The van der Waals surface area contributed by atoms with Gasteiger partial charge >= 0.3 is 11.1 Å². The Balaban J connectivity index is 2.82. The Morgan fingerprint density at radius 1 is 1.60 bits per heavy atom. The van der Waals surface area contributed by atoms with Crippen LogP contribution in [0.3, 0.4) is 0 Å². The zero-order chi connectivity index (χ0) is 11.4. The summed E-state index contributed by atoms with van der Waals surface area (Å²) in [6.07, 6.45) is 0. The van der Waals surface area contributed by atoms with E-state index in [1.165, 1.54) is 16.4 Å². The molecular formula is C8H12ClN3O2S. The standard InChI is InChI=1S/C8H12ClN3O2S/c1-5(3-9)4-15-8-10-6(13)7(14)11-12(8)2/h5H,3-4H2,1-2H3,(H,11,14). The largest absolute Gasteiger partial charge is 0.339 e. The van der Waals surface area contributed by atoms with Gasteiger partial charge in [0.1, 0.15) is 0 Å². The van der Waals surface area contributed by atoms with Crippen LogP contribution in [0.2, 0.25) is 0 Å². The summed E-state index contributed by atoms with van der Waals surface area (Å²) < 4.78 is 1.44. The van der Waals surface area contributed by atoms with Gasteiger partial charge in [-0.1, -0.05) is 18.7 Å². The van der Waals surface area contributed by atoms with Crippen LogP contribution < -0.4 is 11.1 Å². The smallest absolute Gasteiger partial charge is 0.265 e. The van der Waals surface area contributed by atoms with Gasteiger partial charge < -0.3 is 0 Å². The number of aryl methyl sites for hydroxylation is 1. The number of H-pyrrole nitrogens is 1. The summed E-state index contributed by atoms with van der Waals surface area (Å²) in [5.74, 6) is 1.65. The summed E-state index contributed by atoms with van der Waals surface area (Å²) in [6.45, 7) is 2.00. The first-order valence-electron chi connectivity index (χ1n) is 4.40. The molecule has 1 aromatic rings. The molecule has 1 heterocycles. The van der Waals surface area contributed by atoms with Crippen molar-refractivity contribution in [1.29, 1.82) is 0 Å². The molecule has 5 nitrogen and oxygen atoms in total. The number of aromatic nitrogens is 3. The third-order valence-corrected chi connectivity index (χ3v) is 3.59. The first kappa shape index (κ1) is 12.3. The van der Waals surface area contributed by atoms with E-state index in [1.807, 2.05) is 6.92 Å². The van der Waals surface area contributed by atoms with Crippen molar-refractivity contribution >= 4 is 23.4 Å². The predicted molar refractivity (Wildman–Crippen MR) is 60.7 cm³/mol. The van der Waals surface area contributed by atoms with Gasteiger partial charge in [-0.25, -0.2) is 0 Å². The lowest BCUT2D eigenvalue weighted by Gasteiger charge is -2.08. The second kappa shape index (κ2) is 5.37. The molecule has 0 saturated carbocycles. The van der Waals surface area contributed by atoms with Gasteiger partial charge in [0, 0.05) is 18.7 Å². The SMILES string of the molecule is CC(CCl)CSc1nc(=O)c(=O)[nH]n1C. The van der Waals surface area contributed by atoms with Crippen LogP contribution in [0.5, 0.6) is 0 Å². The van der Waals surface area contributed by atoms with Crippen LogP contribution in [0.15, 0.2) is 14.7 Å². The molecule has 0 aliphatic heterocycles. The third-order valence-electron chi connectivity index (χ3n) is 1.71. The van der Waals surface area contributed by atoms with Crippen molar-refractivity contribution in [2.75, 3.05) is 11.6 Å². The average molecular weight is 250 g/mol. The van der Waals surface area contributed by atoms with Crippen molar-refractivity contribution in [2.24, 2.45) is 13.0 Å². The molecule has 0 amide bonds. The predicted octanol–water partition coefficient (Wildman–Crippen LogP) is 0.436. The molecule has 0 aliphatic rings. The first-order chi connectivity index (χ1) is 7.04. The Labute approximate surface area is 95.8 Å². The Kier molecular flexibility index (Phi) is 4.41. The molecule has 1 atom stereocenters. The molecule has 15 heavy (non-hydrogen) atoms. The highest BCUT2D eigenvalue weighted by Gasteiger charge is 2.07. The molecule has 0 bridgehead atoms. The molecule has 0 radical (unpaired) electrons. The first-order valence-corrected chi connectivity index (χ1v) is 5.92. The van der Waals surface area contributed by atoms with Crippen LogP contribution in [0.25, 0.3) is 0 Å². The van der Waals surface area contributed by atoms with E-state index in [-0.39, 0.29) is 0 Å². The third kappa shape index (κ3) is 3.39. The number of nitrogens with zero attached hydrogens (tertiary/aromatic N) is 2. The van der Waals surface area contributed by atoms with Gasteiger partial charge in [0.25, 0.3) is 0 Å². The van der Waals surface area contributed by atoms with Crippen molar-refractivity contribution in [1.82, 2.24) is 14.8 Å². The summed E-state index contributed by atoms with van der Waals surface area (Å²) in [5, 5.41) is 2.88. The summed E-state index contributed by atoms with van der Waals surface area (Å²) in [7, 11) is 1.64. The van der Waals surface area contributed by atoms with Gasteiger partial charge in [-0.05, 0) is 5.92 Å². The second-order valence-corrected chi connectivity index (χ2v) is 4.57. The van der Waals surface area contributed by atoms with Crippen molar-refractivity contribution in [3.05, 3.63) is 20.7 Å². The highest BCUT2D eigenvalue weighted by Crippen LogP contribution is 2.16. The minimum Gasteiger partial charge on any atom is -0.265 e. The van der Waals surface area contributed by atoms with Crippen molar-refractivity contribution < 1.29 is 0 Å². The minimum atomic E-state index is -0.755. The van der Waals surface area contributed by atoms with E-state index in [2.05, 4.69) is 10.1 Å². The molecule has 1 unspecified atom stereocenters. The number of rotatable bonds is 4. The second-order valence-electron chi connectivity index (χ2n) is 3.27. The van der Waals surface area contributed by atoms with E-state index in [0.717, 1.165) is 5.75 Å². The quantitative estimate of drug-likeness (QED) is 0.478. The Bertz CT molecular complexity index is 442. The van der Waals surface area contributed by atoms with Gasteiger partial charge in [-0.3, -0.25) is 19.4 Å². The van der Waals surface area contributed by atoms with Crippen molar-refractivity contribution in [2.45, 2.75) is 12.1 Å². The van der Waals surface area contributed by atoms with E-state index in [1.54, 1.807) is 7.05 Å². The molecular weight excluding hydrogens is 238 g/mol. The molecule has 1 aromatic heterocycles. The van der Waals surface area contributed by atoms with Crippen molar-refractivity contribution in [3.8, 4) is 0 Å². The number of nitrogens with one attached hydrogen (secondary N) is 1. The van der Waals surface area contributed by atoms with Gasteiger partial charge in [-0.15, -0.1) is 11.6 Å². The fraction of sp³-hybridized carbons (Fsp3) is 0.625. The highest BCUT2D eigenvalue weighted by atomic mass is 35.5. The summed E-state index contributed by atoms with van der Waals surface area (Å²) in [5.41, 5.74) is -1.46.